The van der Waals surface area contributed by atoms with Crippen LogP contribution in [0.2, 0.25) is 0 Å². The predicted molar refractivity (Wildman–Crippen MR) is 91.9 cm³/mol. The third-order valence-electron chi connectivity index (χ3n) is 3.36. The standard InChI is InChI=1S/C16H17N3O4S/c1-8-4-3-5-10(12(8)17)16(22)23-9(2)14(21)19-15-11(13(18)20)6-7-24-15/h3-7,9H,17H2,1-2H3,(H2,18,20)(H,19,21)/t9-/m0/s1. The molecule has 0 bridgehead atoms. The molecular formula is C16H17N3O4S. The van der Waals surface area contributed by atoms with Crippen molar-refractivity contribution < 1.29 is 19.1 Å². The van der Waals surface area contributed by atoms with Crippen LogP contribution in [0.15, 0.2) is 29.6 Å². The first kappa shape index (κ1) is 17.5. The second-order valence-electron chi connectivity index (χ2n) is 5.10. The molecular weight excluding hydrogens is 330 g/mol. The highest BCUT2D eigenvalue weighted by Gasteiger charge is 2.22. The van der Waals surface area contributed by atoms with E-state index in [-0.39, 0.29) is 11.1 Å². The lowest BCUT2D eigenvalue weighted by Crippen LogP contribution is -2.30. The molecule has 0 unspecified atom stereocenters. The van der Waals surface area contributed by atoms with Gasteiger partial charge in [-0.15, -0.1) is 11.3 Å². The molecule has 8 heteroatoms. The number of primary amides is 1. The maximum Gasteiger partial charge on any atom is 0.341 e. The molecule has 24 heavy (non-hydrogen) atoms. The van der Waals surface area contributed by atoms with Crippen molar-refractivity contribution in [3.63, 3.8) is 0 Å². The van der Waals surface area contributed by atoms with Gasteiger partial charge in [0, 0.05) is 5.69 Å². The number of anilines is 2. The van der Waals surface area contributed by atoms with Crippen molar-refractivity contribution in [2.24, 2.45) is 5.73 Å². The molecule has 7 nitrogen and oxygen atoms in total. The molecule has 2 aromatic rings. The highest BCUT2D eigenvalue weighted by Crippen LogP contribution is 2.23. The van der Waals surface area contributed by atoms with Crippen LogP contribution >= 0.6 is 11.3 Å². The van der Waals surface area contributed by atoms with E-state index in [0.717, 1.165) is 16.9 Å². The summed E-state index contributed by atoms with van der Waals surface area (Å²) in [5, 5.41) is 4.46. The normalized spacial score (nSPS) is 11.6. The number of aryl methyl sites for hydroxylation is 1. The number of nitrogen functional groups attached to an aromatic ring is 1. The summed E-state index contributed by atoms with van der Waals surface area (Å²) in [4.78, 5) is 35.5. The van der Waals surface area contributed by atoms with Crippen molar-refractivity contribution in [2.75, 3.05) is 11.1 Å². The van der Waals surface area contributed by atoms with E-state index in [0.29, 0.717) is 10.7 Å². The van der Waals surface area contributed by atoms with E-state index in [4.69, 9.17) is 16.2 Å². The van der Waals surface area contributed by atoms with Crippen LogP contribution in [0, 0.1) is 6.92 Å². The van der Waals surface area contributed by atoms with E-state index in [1.165, 1.54) is 19.1 Å². The number of hydrogen-bond acceptors (Lipinski definition) is 6. The zero-order chi connectivity index (χ0) is 17.9. The number of ether oxygens (including phenoxy) is 1. The van der Waals surface area contributed by atoms with Crippen LogP contribution in [0.3, 0.4) is 0 Å². The maximum atomic E-state index is 12.2. The summed E-state index contributed by atoms with van der Waals surface area (Å²) < 4.78 is 5.14. The van der Waals surface area contributed by atoms with Crippen molar-refractivity contribution in [1.29, 1.82) is 0 Å². The SMILES string of the molecule is Cc1cccc(C(=O)O[C@@H](C)C(=O)Nc2sccc2C(N)=O)c1N. The Kier molecular flexibility index (Phi) is 5.20. The number of thiophene rings is 1. The maximum absolute atomic E-state index is 12.2. The Balaban J connectivity index is 2.06. The van der Waals surface area contributed by atoms with Crippen molar-refractivity contribution >= 4 is 39.8 Å². The number of rotatable bonds is 5. The number of benzene rings is 1. The van der Waals surface area contributed by atoms with Gasteiger partial charge in [0.1, 0.15) is 5.00 Å². The smallest absolute Gasteiger partial charge is 0.341 e. The molecule has 1 atom stereocenters. The second kappa shape index (κ2) is 7.14. The number of carbonyl (C=O) groups excluding carboxylic acids is 3. The molecule has 0 saturated carbocycles. The van der Waals surface area contributed by atoms with Gasteiger partial charge in [-0.05, 0) is 36.9 Å². The summed E-state index contributed by atoms with van der Waals surface area (Å²) in [5.74, 6) is -1.91. The Labute approximate surface area is 142 Å². The van der Waals surface area contributed by atoms with Crippen LogP contribution in [-0.2, 0) is 9.53 Å². The van der Waals surface area contributed by atoms with E-state index >= 15 is 0 Å². The summed E-state index contributed by atoms with van der Waals surface area (Å²) in [6, 6.07) is 6.48. The van der Waals surface area contributed by atoms with Crippen molar-refractivity contribution in [3.8, 4) is 0 Å². The number of esters is 1. The molecule has 0 saturated heterocycles. The third kappa shape index (κ3) is 3.72. The van der Waals surface area contributed by atoms with Gasteiger partial charge in [0.2, 0.25) is 0 Å². The fourth-order valence-corrected chi connectivity index (χ4v) is 2.75. The van der Waals surface area contributed by atoms with Gasteiger partial charge in [-0.1, -0.05) is 12.1 Å². The van der Waals surface area contributed by atoms with Crippen LogP contribution in [0.1, 0.15) is 33.2 Å². The summed E-state index contributed by atoms with van der Waals surface area (Å²) in [7, 11) is 0. The summed E-state index contributed by atoms with van der Waals surface area (Å²) in [6.07, 6.45) is -1.07. The quantitative estimate of drug-likeness (QED) is 0.563. The molecule has 126 valence electrons. The first-order chi connectivity index (χ1) is 11.3. The van der Waals surface area contributed by atoms with Crippen molar-refractivity contribution in [3.05, 3.63) is 46.3 Å². The Morgan fingerprint density at radius 3 is 2.58 bits per heavy atom. The molecule has 0 fully saturated rings. The van der Waals surface area contributed by atoms with E-state index < -0.39 is 23.9 Å². The number of amides is 2. The highest BCUT2D eigenvalue weighted by molar-refractivity contribution is 7.14. The molecule has 2 amide bonds. The van der Waals surface area contributed by atoms with Crippen molar-refractivity contribution in [2.45, 2.75) is 20.0 Å². The Bertz CT molecular complexity index is 800. The number of nitrogens with two attached hydrogens (primary N) is 2. The average molecular weight is 347 g/mol. The molecule has 1 aromatic heterocycles. The lowest BCUT2D eigenvalue weighted by molar-refractivity contribution is -0.123. The zero-order valence-electron chi connectivity index (χ0n) is 13.2. The first-order valence-electron chi connectivity index (χ1n) is 7.05. The van der Waals surface area contributed by atoms with Crippen LogP contribution < -0.4 is 16.8 Å². The zero-order valence-corrected chi connectivity index (χ0v) is 14.0. The van der Waals surface area contributed by atoms with Gasteiger partial charge >= 0.3 is 5.97 Å². The number of nitrogens with one attached hydrogen (secondary N) is 1. The third-order valence-corrected chi connectivity index (χ3v) is 4.19. The Hall–Kier alpha value is -2.87. The number of para-hydroxylation sites is 1. The van der Waals surface area contributed by atoms with E-state index in [1.54, 1.807) is 24.4 Å². The van der Waals surface area contributed by atoms with Crippen LogP contribution in [0.4, 0.5) is 10.7 Å². The fraction of sp³-hybridized carbons (Fsp3) is 0.188. The molecule has 0 aliphatic heterocycles. The largest absolute Gasteiger partial charge is 0.449 e. The molecule has 0 spiro atoms. The Morgan fingerprint density at radius 1 is 1.21 bits per heavy atom. The van der Waals surface area contributed by atoms with Gasteiger partial charge in [-0.25, -0.2) is 4.79 Å². The van der Waals surface area contributed by atoms with Gasteiger partial charge in [-0.3, -0.25) is 9.59 Å². The van der Waals surface area contributed by atoms with E-state index in [2.05, 4.69) is 5.32 Å². The van der Waals surface area contributed by atoms with Gasteiger partial charge in [0.05, 0.1) is 11.1 Å². The molecule has 5 N–H and O–H groups in total. The van der Waals surface area contributed by atoms with Crippen LogP contribution in [0.25, 0.3) is 0 Å². The van der Waals surface area contributed by atoms with Gasteiger partial charge in [0.25, 0.3) is 11.8 Å². The second-order valence-corrected chi connectivity index (χ2v) is 6.02. The predicted octanol–water partition coefficient (Wildman–Crippen LogP) is 1.92. The summed E-state index contributed by atoms with van der Waals surface area (Å²) in [5.41, 5.74) is 12.5. The minimum atomic E-state index is -1.07. The molecule has 2 rings (SSSR count). The minimum Gasteiger partial charge on any atom is -0.449 e. The van der Waals surface area contributed by atoms with Gasteiger partial charge in [-0.2, -0.15) is 0 Å². The average Bonchev–Trinajstić information content (AvgIpc) is 2.98. The van der Waals surface area contributed by atoms with E-state index in [9.17, 15) is 14.4 Å². The summed E-state index contributed by atoms with van der Waals surface area (Å²) >= 11 is 1.15. The lowest BCUT2D eigenvalue weighted by atomic mass is 10.1. The topological polar surface area (TPSA) is 125 Å². The van der Waals surface area contributed by atoms with Gasteiger partial charge in [0.15, 0.2) is 6.10 Å². The highest BCUT2D eigenvalue weighted by atomic mass is 32.1. The Morgan fingerprint density at radius 2 is 1.92 bits per heavy atom. The number of hydrogen-bond donors (Lipinski definition) is 3. The first-order valence-corrected chi connectivity index (χ1v) is 7.93. The molecule has 0 aliphatic carbocycles. The van der Waals surface area contributed by atoms with Gasteiger partial charge < -0.3 is 21.5 Å². The molecule has 1 heterocycles. The minimum absolute atomic E-state index is 0.198. The van der Waals surface area contributed by atoms with Crippen LogP contribution in [0.5, 0.6) is 0 Å². The molecule has 0 radical (unpaired) electrons. The number of carbonyl (C=O) groups is 3. The fourth-order valence-electron chi connectivity index (χ4n) is 1.95. The molecule has 0 aliphatic rings. The van der Waals surface area contributed by atoms with Crippen LogP contribution in [-0.4, -0.2) is 23.9 Å². The van der Waals surface area contributed by atoms with E-state index in [1.807, 2.05) is 0 Å². The van der Waals surface area contributed by atoms with Crippen molar-refractivity contribution in [1.82, 2.24) is 0 Å². The molecule has 1 aromatic carbocycles. The lowest BCUT2D eigenvalue weighted by Gasteiger charge is -2.14. The summed E-state index contributed by atoms with van der Waals surface area (Å²) in [6.45, 7) is 3.20. The monoisotopic (exact) mass is 347 g/mol.